The highest BCUT2D eigenvalue weighted by atomic mass is 35.5. The summed E-state index contributed by atoms with van der Waals surface area (Å²) in [7, 11) is 0. The molecule has 2 amide bonds. The van der Waals surface area contributed by atoms with Crippen LogP contribution in [0.2, 0.25) is 10.0 Å². The van der Waals surface area contributed by atoms with Gasteiger partial charge in [0.1, 0.15) is 0 Å². The number of anilines is 2. The topological polar surface area (TPSA) is 71.1 Å². The van der Waals surface area contributed by atoms with Gasteiger partial charge in [0.25, 0.3) is 5.91 Å². The molecule has 4 rings (SSSR count). The maximum Gasteiger partial charge on any atom is 0.257 e. The number of aryl methyl sites for hydroxylation is 1. The molecule has 1 atom stereocenters. The summed E-state index contributed by atoms with van der Waals surface area (Å²) >= 11 is 15.0. The summed E-state index contributed by atoms with van der Waals surface area (Å²) in [6.07, 6.45) is 0.636. The van der Waals surface area contributed by atoms with E-state index in [9.17, 15) is 9.59 Å². The highest BCUT2D eigenvalue weighted by Crippen LogP contribution is 2.31. The van der Waals surface area contributed by atoms with Crippen LogP contribution in [0.4, 0.5) is 10.8 Å². The monoisotopic (exact) mass is 529 g/mol. The van der Waals surface area contributed by atoms with E-state index in [4.69, 9.17) is 23.2 Å². The first kappa shape index (κ1) is 24.5. The maximum atomic E-state index is 12.9. The second kappa shape index (κ2) is 10.8. The first-order chi connectivity index (χ1) is 16.3. The lowest BCUT2D eigenvalue weighted by Crippen LogP contribution is -2.24. The fraction of sp³-hybridized carbons (Fsp3) is 0.160. The lowest BCUT2D eigenvalue weighted by atomic mass is 10.2. The van der Waals surface area contributed by atoms with Gasteiger partial charge in [-0.1, -0.05) is 53.6 Å². The van der Waals surface area contributed by atoms with Crippen molar-refractivity contribution < 1.29 is 9.59 Å². The van der Waals surface area contributed by atoms with Crippen LogP contribution in [0.1, 0.15) is 29.3 Å². The van der Waals surface area contributed by atoms with Crippen molar-refractivity contribution in [3.8, 4) is 0 Å². The quantitative estimate of drug-likeness (QED) is 0.241. The molecular formula is C25H21Cl2N3O2S2. The van der Waals surface area contributed by atoms with E-state index >= 15 is 0 Å². The average Bonchev–Trinajstić information content (AvgIpc) is 3.18. The number of aromatic nitrogens is 1. The second-order valence-corrected chi connectivity index (χ2v) is 10.8. The number of nitrogens with one attached hydrogen (secondary N) is 2. The van der Waals surface area contributed by atoms with E-state index in [1.54, 1.807) is 18.2 Å². The Kier molecular flexibility index (Phi) is 7.78. The number of hydrogen-bond donors (Lipinski definition) is 2. The number of nitrogens with zero attached hydrogens (tertiary/aromatic N) is 1. The van der Waals surface area contributed by atoms with Crippen molar-refractivity contribution in [3.05, 3.63) is 81.8 Å². The van der Waals surface area contributed by atoms with Gasteiger partial charge in [0, 0.05) is 15.6 Å². The largest absolute Gasteiger partial charge is 0.322 e. The standard InChI is InChI=1S/C25H21Cl2N3O2S2/c1-3-21(24(32)30-25-29-20-10-7-14(2)11-22(20)34-25)33-17-6-4-5-16(13-17)28-23(31)18-9-8-15(26)12-19(18)27/h4-13,21H,3H2,1-2H3,(H,28,31)(H,29,30,32). The van der Waals surface area contributed by atoms with Crippen molar-refractivity contribution >= 4 is 79.2 Å². The average molecular weight is 531 g/mol. The predicted molar refractivity (Wildman–Crippen MR) is 144 cm³/mol. The minimum Gasteiger partial charge on any atom is -0.322 e. The molecule has 1 heterocycles. The second-order valence-electron chi connectivity index (χ2n) is 7.60. The van der Waals surface area contributed by atoms with Crippen LogP contribution in [-0.4, -0.2) is 22.0 Å². The summed E-state index contributed by atoms with van der Waals surface area (Å²) < 4.78 is 1.04. The van der Waals surface area contributed by atoms with E-state index in [1.165, 1.54) is 29.2 Å². The Morgan fingerprint density at radius 3 is 2.65 bits per heavy atom. The molecule has 0 aliphatic heterocycles. The van der Waals surface area contributed by atoms with Gasteiger partial charge < -0.3 is 10.6 Å². The van der Waals surface area contributed by atoms with Crippen LogP contribution in [0, 0.1) is 6.92 Å². The first-order valence-corrected chi connectivity index (χ1v) is 13.0. The third kappa shape index (κ3) is 5.91. The summed E-state index contributed by atoms with van der Waals surface area (Å²) in [5.74, 6) is -0.440. The number of fused-ring (bicyclic) bond motifs is 1. The van der Waals surface area contributed by atoms with Gasteiger partial charge in [-0.3, -0.25) is 9.59 Å². The van der Waals surface area contributed by atoms with Crippen molar-refractivity contribution in [2.75, 3.05) is 10.6 Å². The third-order valence-corrected chi connectivity index (χ3v) is 7.82. The molecule has 34 heavy (non-hydrogen) atoms. The summed E-state index contributed by atoms with van der Waals surface area (Å²) in [4.78, 5) is 31.0. The molecule has 1 aromatic heterocycles. The molecule has 0 fully saturated rings. The van der Waals surface area contributed by atoms with Gasteiger partial charge in [-0.25, -0.2) is 4.98 Å². The fourth-order valence-electron chi connectivity index (χ4n) is 3.28. The lowest BCUT2D eigenvalue weighted by Gasteiger charge is -2.14. The molecule has 174 valence electrons. The highest BCUT2D eigenvalue weighted by Gasteiger charge is 2.20. The minimum absolute atomic E-state index is 0.106. The van der Waals surface area contributed by atoms with Crippen molar-refractivity contribution in [1.29, 1.82) is 0 Å². The van der Waals surface area contributed by atoms with E-state index in [0.717, 1.165) is 20.7 Å². The number of rotatable bonds is 7. The number of thiazole rings is 1. The molecule has 9 heteroatoms. The zero-order valence-corrected chi connectivity index (χ0v) is 21.5. The van der Waals surface area contributed by atoms with E-state index in [2.05, 4.69) is 21.7 Å². The van der Waals surface area contributed by atoms with Crippen molar-refractivity contribution in [2.45, 2.75) is 30.4 Å². The van der Waals surface area contributed by atoms with Gasteiger partial charge in [-0.15, -0.1) is 11.8 Å². The summed E-state index contributed by atoms with van der Waals surface area (Å²) in [5, 5.41) is 6.82. The first-order valence-electron chi connectivity index (χ1n) is 10.5. The maximum absolute atomic E-state index is 12.9. The van der Waals surface area contributed by atoms with Crippen molar-refractivity contribution in [3.63, 3.8) is 0 Å². The Balaban J connectivity index is 1.43. The number of carbonyl (C=O) groups excluding carboxylic acids is 2. The van der Waals surface area contributed by atoms with Crippen molar-refractivity contribution in [1.82, 2.24) is 4.98 Å². The smallest absolute Gasteiger partial charge is 0.257 e. The van der Waals surface area contributed by atoms with Crippen LogP contribution in [0.3, 0.4) is 0 Å². The van der Waals surface area contributed by atoms with Gasteiger partial charge in [0.2, 0.25) is 5.91 Å². The number of carbonyl (C=O) groups is 2. The van der Waals surface area contributed by atoms with Crippen LogP contribution in [0.25, 0.3) is 10.2 Å². The molecule has 0 aliphatic carbocycles. The van der Waals surface area contributed by atoms with E-state index in [-0.39, 0.29) is 22.1 Å². The molecule has 2 N–H and O–H groups in total. The number of thioether (sulfide) groups is 1. The van der Waals surface area contributed by atoms with Gasteiger partial charge in [0.05, 0.1) is 26.1 Å². The molecule has 0 spiro atoms. The summed E-state index contributed by atoms with van der Waals surface area (Å²) in [6, 6.07) is 18.1. The SMILES string of the molecule is CCC(Sc1cccc(NC(=O)c2ccc(Cl)cc2Cl)c1)C(=O)Nc1nc2ccc(C)cc2s1. The van der Waals surface area contributed by atoms with Crippen LogP contribution in [0.15, 0.2) is 65.6 Å². The van der Waals surface area contributed by atoms with Gasteiger partial charge in [-0.05, 0) is 67.4 Å². The molecule has 0 saturated heterocycles. The third-order valence-electron chi connectivity index (χ3n) is 4.98. The van der Waals surface area contributed by atoms with Crippen LogP contribution >= 0.6 is 46.3 Å². The van der Waals surface area contributed by atoms with Gasteiger partial charge in [0.15, 0.2) is 5.13 Å². The number of amides is 2. The Morgan fingerprint density at radius 1 is 1.06 bits per heavy atom. The molecule has 5 nitrogen and oxygen atoms in total. The Labute approximate surface area is 215 Å². The van der Waals surface area contributed by atoms with E-state index in [0.29, 0.717) is 27.8 Å². The molecule has 3 aromatic carbocycles. The number of hydrogen-bond acceptors (Lipinski definition) is 5. The molecular weight excluding hydrogens is 509 g/mol. The zero-order chi connectivity index (χ0) is 24.2. The molecule has 0 saturated carbocycles. The molecule has 0 aliphatic rings. The van der Waals surface area contributed by atoms with Crippen LogP contribution in [-0.2, 0) is 4.79 Å². The highest BCUT2D eigenvalue weighted by molar-refractivity contribution is 8.00. The minimum atomic E-state index is -0.334. The zero-order valence-electron chi connectivity index (χ0n) is 18.4. The molecule has 4 aromatic rings. The molecule has 0 radical (unpaired) electrons. The summed E-state index contributed by atoms with van der Waals surface area (Å²) in [6.45, 7) is 3.99. The molecule has 0 bridgehead atoms. The van der Waals surface area contributed by atoms with E-state index < -0.39 is 0 Å². The van der Waals surface area contributed by atoms with E-state index in [1.807, 2.05) is 44.2 Å². The number of benzene rings is 3. The normalized spacial score (nSPS) is 11.9. The fourth-order valence-corrected chi connectivity index (χ4v) is 5.75. The lowest BCUT2D eigenvalue weighted by molar-refractivity contribution is -0.115. The van der Waals surface area contributed by atoms with Crippen molar-refractivity contribution in [2.24, 2.45) is 0 Å². The Hall–Kier alpha value is -2.58. The summed E-state index contributed by atoms with van der Waals surface area (Å²) in [5.41, 5.74) is 2.97. The van der Waals surface area contributed by atoms with Crippen LogP contribution in [0.5, 0.6) is 0 Å². The molecule has 1 unspecified atom stereocenters. The number of halogens is 2. The van der Waals surface area contributed by atoms with Gasteiger partial charge >= 0.3 is 0 Å². The van der Waals surface area contributed by atoms with Gasteiger partial charge in [-0.2, -0.15) is 0 Å². The van der Waals surface area contributed by atoms with Crippen LogP contribution < -0.4 is 10.6 Å². The predicted octanol–water partition coefficient (Wildman–Crippen LogP) is 7.67. The Morgan fingerprint density at radius 2 is 1.88 bits per heavy atom. The Bertz CT molecular complexity index is 1370.